The van der Waals surface area contributed by atoms with Crippen LogP contribution in [0.3, 0.4) is 0 Å². The Labute approximate surface area is 159 Å². The smallest absolute Gasteiger partial charge is 0.342 e. The van der Waals surface area contributed by atoms with Gasteiger partial charge in [0.25, 0.3) is 0 Å². The number of fused-ring (bicyclic) bond motifs is 3. The summed E-state index contributed by atoms with van der Waals surface area (Å²) >= 11 is 0. The minimum absolute atomic E-state index is 0.320. The average molecular weight is 358 g/mol. The highest BCUT2D eigenvalue weighted by Gasteiger charge is 2.28. The summed E-state index contributed by atoms with van der Waals surface area (Å²) in [5, 5.41) is 4.71. The molecule has 2 aromatic carbocycles. The average Bonchev–Trinajstić information content (AvgIpc) is 3.07. The maximum absolute atomic E-state index is 12.8. The van der Waals surface area contributed by atoms with Crippen molar-refractivity contribution >= 4 is 18.1 Å². The Bertz CT molecular complexity index is 1010. The number of aryl methyl sites for hydroxylation is 3. The van der Waals surface area contributed by atoms with Crippen LogP contribution in [-0.2, 0) is 17.7 Å². The van der Waals surface area contributed by atoms with Gasteiger partial charge < -0.3 is 4.74 Å². The van der Waals surface area contributed by atoms with Crippen LogP contribution in [0.25, 0.3) is 23.4 Å². The molecular formula is C23H22N2O2. The summed E-state index contributed by atoms with van der Waals surface area (Å²) in [5.74, 6) is -0.320. The molecule has 2 heterocycles. The molecule has 0 saturated carbocycles. The zero-order chi connectivity index (χ0) is 18.8. The van der Waals surface area contributed by atoms with Crippen LogP contribution < -0.4 is 0 Å². The number of esters is 1. The number of benzene rings is 2. The molecule has 0 spiro atoms. The van der Waals surface area contributed by atoms with Gasteiger partial charge in [0.15, 0.2) is 0 Å². The van der Waals surface area contributed by atoms with Gasteiger partial charge in [-0.05, 0) is 37.5 Å². The van der Waals surface area contributed by atoms with Crippen molar-refractivity contribution in [2.24, 2.45) is 0 Å². The summed E-state index contributed by atoms with van der Waals surface area (Å²) in [4.78, 5) is 12.8. The van der Waals surface area contributed by atoms with E-state index in [-0.39, 0.29) is 5.97 Å². The molecule has 3 aromatic rings. The maximum atomic E-state index is 12.8. The van der Waals surface area contributed by atoms with Crippen LogP contribution >= 0.6 is 0 Å². The number of nitrogens with zero attached hydrogens (tertiary/aromatic N) is 2. The molecule has 1 aliphatic heterocycles. The van der Waals surface area contributed by atoms with E-state index in [4.69, 9.17) is 9.84 Å². The number of carbonyl (C=O) groups excluding carboxylic acids is 1. The number of hydrogen-bond acceptors (Lipinski definition) is 3. The third kappa shape index (κ3) is 3.31. The summed E-state index contributed by atoms with van der Waals surface area (Å²) < 4.78 is 7.28. The fourth-order valence-electron chi connectivity index (χ4n) is 3.49. The van der Waals surface area contributed by atoms with Gasteiger partial charge in [0.1, 0.15) is 11.3 Å². The predicted octanol–water partition coefficient (Wildman–Crippen LogP) is 4.76. The van der Waals surface area contributed by atoms with Gasteiger partial charge in [-0.2, -0.15) is 5.10 Å². The number of aromatic nitrogens is 2. The lowest BCUT2D eigenvalue weighted by atomic mass is 9.95. The van der Waals surface area contributed by atoms with Crippen molar-refractivity contribution in [2.45, 2.75) is 26.8 Å². The van der Waals surface area contributed by atoms with Crippen molar-refractivity contribution in [1.82, 2.24) is 9.78 Å². The molecule has 0 saturated heterocycles. The molecule has 27 heavy (non-hydrogen) atoms. The molecule has 0 atom stereocenters. The van der Waals surface area contributed by atoms with Gasteiger partial charge in [-0.1, -0.05) is 60.2 Å². The maximum Gasteiger partial charge on any atom is 0.342 e. The third-order valence-electron chi connectivity index (χ3n) is 4.84. The van der Waals surface area contributed by atoms with E-state index < -0.39 is 0 Å². The van der Waals surface area contributed by atoms with Crippen molar-refractivity contribution in [2.75, 3.05) is 6.61 Å². The van der Waals surface area contributed by atoms with Crippen LogP contribution in [0.1, 0.15) is 39.7 Å². The second-order valence-electron chi connectivity index (χ2n) is 6.70. The monoisotopic (exact) mass is 358 g/mol. The Hall–Kier alpha value is -3.14. The third-order valence-corrected chi connectivity index (χ3v) is 4.84. The highest BCUT2D eigenvalue weighted by atomic mass is 16.5. The number of ether oxygens (including phenoxy) is 1. The second kappa shape index (κ2) is 7.23. The van der Waals surface area contributed by atoms with Gasteiger partial charge in [-0.3, -0.25) is 4.68 Å². The summed E-state index contributed by atoms with van der Waals surface area (Å²) in [6.45, 7) is 4.99. The Kier molecular flexibility index (Phi) is 4.63. The molecule has 0 N–H and O–H groups in total. The molecule has 0 radical (unpaired) electrons. The zero-order valence-corrected chi connectivity index (χ0v) is 15.6. The topological polar surface area (TPSA) is 44.1 Å². The van der Waals surface area contributed by atoms with E-state index in [0.717, 1.165) is 29.8 Å². The van der Waals surface area contributed by atoms with E-state index in [0.29, 0.717) is 17.9 Å². The molecule has 1 aromatic heterocycles. The van der Waals surface area contributed by atoms with Gasteiger partial charge in [0.05, 0.1) is 12.3 Å². The SMILES string of the molecule is CCOC(=O)c1c(/C=C/c2ccc(C)cc2)nn2c1-c1ccccc1CC2. The standard InChI is InChI=1S/C23H22N2O2/c1-3-27-23(26)21-20(13-12-17-10-8-16(2)9-11-17)24-25-15-14-18-6-4-5-7-19(18)22(21)25/h4-13H,3,14-15H2,1-2H3/b13-12+. The van der Waals surface area contributed by atoms with Crippen molar-refractivity contribution in [3.8, 4) is 11.3 Å². The lowest BCUT2D eigenvalue weighted by Crippen LogP contribution is -2.14. The minimum Gasteiger partial charge on any atom is -0.462 e. The normalized spacial score (nSPS) is 12.7. The molecule has 136 valence electrons. The molecule has 4 nitrogen and oxygen atoms in total. The molecule has 0 aliphatic carbocycles. The fourth-order valence-corrected chi connectivity index (χ4v) is 3.49. The zero-order valence-electron chi connectivity index (χ0n) is 15.6. The molecule has 0 bridgehead atoms. The fraction of sp³-hybridized carbons (Fsp3) is 0.217. The van der Waals surface area contributed by atoms with Crippen molar-refractivity contribution in [3.63, 3.8) is 0 Å². The lowest BCUT2D eigenvalue weighted by molar-refractivity contribution is 0.0527. The summed E-state index contributed by atoms with van der Waals surface area (Å²) in [6, 6.07) is 16.5. The van der Waals surface area contributed by atoms with Crippen LogP contribution in [0.5, 0.6) is 0 Å². The van der Waals surface area contributed by atoms with Crippen LogP contribution in [-0.4, -0.2) is 22.4 Å². The first kappa shape index (κ1) is 17.3. The van der Waals surface area contributed by atoms with Crippen LogP contribution in [0.4, 0.5) is 0 Å². The number of rotatable bonds is 4. The van der Waals surface area contributed by atoms with E-state index in [9.17, 15) is 4.79 Å². The van der Waals surface area contributed by atoms with Crippen molar-refractivity contribution in [1.29, 1.82) is 0 Å². The predicted molar refractivity (Wildman–Crippen MR) is 107 cm³/mol. The highest BCUT2D eigenvalue weighted by molar-refractivity contribution is 6.01. The van der Waals surface area contributed by atoms with E-state index in [1.54, 1.807) is 0 Å². The van der Waals surface area contributed by atoms with Gasteiger partial charge in [-0.15, -0.1) is 0 Å². The lowest BCUT2D eigenvalue weighted by Gasteiger charge is -2.18. The first-order valence-corrected chi connectivity index (χ1v) is 9.28. The van der Waals surface area contributed by atoms with Gasteiger partial charge in [0, 0.05) is 12.1 Å². The van der Waals surface area contributed by atoms with Gasteiger partial charge in [-0.25, -0.2) is 4.79 Å². The first-order valence-electron chi connectivity index (χ1n) is 9.28. The van der Waals surface area contributed by atoms with E-state index >= 15 is 0 Å². The van der Waals surface area contributed by atoms with Gasteiger partial charge >= 0.3 is 5.97 Å². The van der Waals surface area contributed by atoms with Crippen LogP contribution in [0.2, 0.25) is 0 Å². The van der Waals surface area contributed by atoms with E-state index in [2.05, 4.69) is 43.3 Å². The summed E-state index contributed by atoms with van der Waals surface area (Å²) in [6.07, 6.45) is 4.81. The Morgan fingerprint density at radius 2 is 1.93 bits per heavy atom. The molecule has 4 heteroatoms. The molecule has 4 rings (SSSR count). The first-order chi connectivity index (χ1) is 13.2. The van der Waals surface area contributed by atoms with Crippen LogP contribution in [0.15, 0.2) is 48.5 Å². The van der Waals surface area contributed by atoms with Crippen molar-refractivity contribution in [3.05, 3.63) is 76.5 Å². The molecule has 0 amide bonds. The van der Waals surface area contributed by atoms with Gasteiger partial charge in [0.2, 0.25) is 0 Å². The number of hydrogen-bond donors (Lipinski definition) is 0. The summed E-state index contributed by atoms with van der Waals surface area (Å²) in [5.41, 5.74) is 6.65. The molecule has 0 unspecified atom stereocenters. The Balaban J connectivity index is 1.82. The Morgan fingerprint density at radius 1 is 1.15 bits per heavy atom. The molecular weight excluding hydrogens is 336 g/mol. The molecule has 0 fully saturated rings. The van der Waals surface area contributed by atoms with Crippen LogP contribution in [0, 0.1) is 6.92 Å². The largest absolute Gasteiger partial charge is 0.462 e. The van der Waals surface area contributed by atoms with E-state index in [1.807, 2.05) is 35.9 Å². The Morgan fingerprint density at radius 3 is 2.70 bits per heavy atom. The van der Waals surface area contributed by atoms with E-state index in [1.165, 1.54) is 11.1 Å². The number of carbonyl (C=O) groups is 1. The minimum atomic E-state index is -0.320. The van der Waals surface area contributed by atoms with Crippen molar-refractivity contribution < 1.29 is 9.53 Å². The summed E-state index contributed by atoms with van der Waals surface area (Å²) in [7, 11) is 0. The molecule has 1 aliphatic rings. The quantitative estimate of drug-likeness (QED) is 0.632. The second-order valence-corrected chi connectivity index (χ2v) is 6.70. The highest BCUT2D eigenvalue weighted by Crippen LogP contribution is 2.34.